The van der Waals surface area contributed by atoms with E-state index in [2.05, 4.69) is 23.6 Å². The molecule has 2 heterocycles. The summed E-state index contributed by atoms with van der Waals surface area (Å²) in [5.41, 5.74) is 6.08. The largest absolute Gasteiger partial charge is 0.373 e. The van der Waals surface area contributed by atoms with Gasteiger partial charge in [-0.05, 0) is 46.0 Å². The normalized spacial score (nSPS) is 39.6. The Kier molecular flexibility index (Phi) is 5.60. The van der Waals surface area contributed by atoms with Crippen LogP contribution in [0.2, 0.25) is 0 Å². The number of morpholine rings is 1. The van der Waals surface area contributed by atoms with E-state index in [0.717, 1.165) is 64.7 Å². The molecule has 0 unspecified atom stereocenters. The highest BCUT2D eigenvalue weighted by molar-refractivity contribution is 5.79. The maximum absolute atomic E-state index is 13.0. The minimum Gasteiger partial charge on any atom is -0.373 e. The molecule has 23 heavy (non-hydrogen) atoms. The molecule has 3 aliphatic rings. The lowest BCUT2D eigenvalue weighted by Crippen LogP contribution is -2.52. The van der Waals surface area contributed by atoms with Gasteiger partial charge in [-0.15, -0.1) is 0 Å². The third-order valence-corrected chi connectivity index (χ3v) is 5.69. The third kappa shape index (κ3) is 4.25. The predicted molar refractivity (Wildman–Crippen MR) is 91.1 cm³/mol. The number of hydrogen-bond acceptors (Lipinski definition) is 4. The Morgan fingerprint density at radius 1 is 1.13 bits per heavy atom. The Morgan fingerprint density at radius 3 is 2.57 bits per heavy atom. The zero-order valence-corrected chi connectivity index (χ0v) is 14.7. The van der Waals surface area contributed by atoms with Gasteiger partial charge >= 0.3 is 0 Å². The van der Waals surface area contributed by atoms with Gasteiger partial charge in [-0.1, -0.05) is 6.42 Å². The summed E-state index contributed by atoms with van der Waals surface area (Å²) < 4.78 is 5.83. The molecule has 0 radical (unpaired) electrons. The molecule has 5 heteroatoms. The molecule has 1 saturated carbocycles. The van der Waals surface area contributed by atoms with Crippen molar-refractivity contribution in [3.8, 4) is 0 Å². The number of carbonyl (C=O) groups excluding carboxylic acids is 1. The van der Waals surface area contributed by atoms with Crippen molar-refractivity contribution in [2.45, 2.75) is 76.7 Å². The van der Waals surface area contributed by atoms with E-state index in [1.165, 1.54) is 0 Å². The Labute approximate surface area is 140 Å². The van der Waals surface area contributed by atoms with E-state index in [-0.39, 0.29) is 12.0 Å². The molecule has 2 aliphatic heterocycles. The fourth-order valence-corrected chi connectivity index (χ4v) is 4.73. The van der Waals surface area contributed by atoms with Crippen molar-refractivity contribution in [1.82, 2.24) is 9.80 Å². The highest BCUT2D eigenvalue weighted by Gasteiger charge is 2.36. The lowest BCUT2D eigenvalue weighted by molar-refractivity contribution is -0.138. The molecular weight excluding hydrogens is 290 g/mol. The summed E-state index contributed by atoms with van der Waals surface area (Å²) >= 11 is 0. The standard InChI is InChI=1S/C18H33N3O2/c1-13-10-20(11-14(2)23-13)12-17-7-4-8-21(17)18(22)15-5-3-6-16(19)9-15/h13-17H,3-12,19H2,1-2H3/t13-,14+,15-,16-,17+/m1/s1. The Morgan fingerprint density at radius 2 is 1.87 bits per heavy atom. The third-order valence-electron chi connectivity index (χ3n) is 5.69. The number of ether oxygens (including phenoxy) is 1. The van der Waals surface area contributed by atoms with Gasteiger partial charge in [0.25, 0.3) is 0 Å². The minimum absolute atomic E-state index is 0.168. The van der Waals surface area contributed by atoms with E-state index in [0.29, 0.717) is 24.2 Å². The quantitative estimate of drug-likeness (QED) is 0.857. The summed E-state index contributed by atoms with van der Waals surface area (Å²) in [7, 11) is 0. The summed E-state index contributed by atoms with van der Waals surface area (Å²) in [4.78, 5) is 17.6. The van der Waals surface area contributed by atoms with Gasteiger partial charge in [-0.3, -0.25) is 9.69 Å². The fourth-order valence-electron chi connectivity index (χ4n) is 4.73. The average molecular weight is 323 g/mol. The monoisotopic (exact) mass is 323 g/mol. The lowest BCUT2D eigenvalue weighted by Gasteiger charge is -2.39. The highest BCUT2D eigenvalue weighted by Crippen LogP contribution is 2.29. The van der Waals surface area contributed by atoms with Gasteiger partial charge in [0.1, 0.15) is 0 Å². The molecule has 5 nitrogen and oxygen atoms in total. The van der Waals surface area contributed by atoms with Gasteiger partial charge in [-0.2, -0.15) is 0 Å². The first-order chi connectivity index (χ1) is 11.0. The zero-order chi connectivity index (χ0) is 16.4. The van der Waals surface area contributed by atoms with Crippen LogP contribution in [0.5, 0.6) is 0 Å². The SMILES string of the molecule is C[C@@H]1CN(C[C@@H]2CCCN2C(=O)[C@@H]2CCC[C@@H](N)C2)C[C@H](C)O1. The first-order valence-electron chi connectivity index (χ1n) is 9.46. The topological polar surface area (TPSA) is 58.8 Å². The number of nitrogens with zero attached hydrogens (tertiary/aromatic N) is 2. The van der Waals surface area contributed by atoms with E-state index in [9.17, 15) is 4.79 Å². The maximum Gasteiger partial charge on any atom is 0.226 e. The zero-order valence-electron chi connectivity index (χ0n) is 14.7. The van der Waals surface area contributed by atoms with Crippen LogP contribution >= 0.6 is 0 Å². The Bertz CT molecular complexity index is 407. The van der Waals surface area contributed by atoms with E-state index in [1.807, 2.05) is 0 Å². The van der Waals surface area contributed by atoms with Crippen LogP contribution in [0.15, 0.2) is 0 Å². The van der Waals surface area contributed by atoms with Crippen molar-refractivity contribution in [1.29, 1.82) is 0 Å². The lowest BCUT2D eigenvalue weighted by atomic mass is 9.85. The van der Waals surface area contributed by atoms with Crippen LogP contribution in [0, 0.1) is 5.92 Å². The molecular formula is C18H33N3O2. The summed E-state index contributed by atoms with van der Waals surface area (Å²) in [5, 5.41) is 0. The molecule has 0 aromatic heterocycles. The maximum atomic E-state index is 13.0. The number of amides is 1. The first-order valence-corrected chi connectivity index (χ1v) is 9.46. The van der Waals surface area contributed by atoms with Crippen LogP contribution in [0.3, 0.4) is 0 Å². The smallest absolute Gasteiger partial charge is 0.226 e. The molecule has 0 spiro atoms. The van der Waals surface area contributed by atoms with Crippen molar-refractivity contribution < 1.29 is 9.53 Å². The number of carbonyl (C=O) groups is 1. The predicted octanol–water partition coefficient (Wildman–Crippen LogP) is 1.60. The molecule has 0 bridgehead atoms. The van der Waals surface area contributed by atoms with E-state index in [4.69, 9.17) is 10.5 Å². The number of hydrogen-bond donors (Lipinski definition) is 1. The number of nitrogens with two attached hydrogens (primary N) is 1. The van der Waals surface area contributed by atoms with Gasteiger partial charge < -0.3 is 15.4 Å². The number of rotatable bonds is 3. The van der Waals surface area contributed by atoms with Crippen LogP contribution in [0.4, 0.5) is 0 Å². The second kappa shape index (κ2) is 7.49. The Hall–Kier alpha value is -0.650. The first kappa shape index (κ1) is 17.2. The van der Waals surface area contributed by atoms with Gasteiger partial charge in [0.15, 0.2) is 0 Å². The molecule has 3 fully saturated rings. The molecule has 2 N–H and O–H groups in total. The van der Waals surface area contributed by atoms with Gasteiger partial charge in [0.2, 0.25) is 5.91 Å². The molecule has 3 rings (SSSR count). The molecule has 0 aromatic rings. The molecule has 132 valence electrons. The molecule has 2 saturated heterocycles. The molecule has 1 aliphatic carbocycles. The highest BCUT2D eigenvalue weighted by atomic mass is 16.5. The van der Waals surface area contributed by atoms with E-state index in [1.54, 1.807) is 0 Å². The van der Waals surface area contributed by atoms with Crippen molar-refractivity contribution in [3.63, 3.8) is 0 Å². The van der Waals surface area contributed by atoms with Crippen molar-refractivity contribution >= 4 is 5.91 Å². The van der Waals surface area contributed by atoms with E-state index >= 15 is 0 Å². The van der Waals surface area contributed by atoms with Crippen LogP contribution in [-0.4, -0.2) is 66.2 Å². The summed E-state index contributed by atoms with van der Waals surface area (Å²) in [6.07, 6.45) is 6.97. The second-order valence-corrected chi connectivity index (χ2v) is 7.93. The average Bonchev–Trinajstić information content (AvgIpc) is 2.93. The molecule has 5 atom stereocenters. The second-order valence-electron chi connectivity index (χ2n) is 7.93. The fraction of sp³-hybridized carbons (Fsp3) is 0.944. The van der Waals surface area contributed by atoms with Crippen LogP contribution < -0.4 is 5.73 Å². The van der Waals surface area contributed by atoms with Gasteiger partial charge in [0.05, 0.1) is 12.2 Å². The van der Waals surface area contributed by atoms with Crippen molar-refractivity contribution in [2.24, 2.45) is 11.7 Å². The summed E-state index contributed by atoms with van der Waals surface area (Å²) in [5.74, 6) is 0.541. The minimum atomic E-state index is 0.168. The van der Waals surface area contributed by atoms with Crippen LogP contribution in [-0.2, 0) is 9.53 Å². The van der Waals surface area contributed by atoms with Crippen molar-refractivity contribution in [3.05, 3.63) is 0 Å². The Balaban J connectivity index is 1.57. The summed E-state index contributed by atoms with van der Waals surface area (Å²) in [6, 6.07) is 0.609. The van der Waals surface area contributed by atoms with Gasteiger partial charge in [0, 0.05) is 44.2 Å². The van der Waals surface area contributed by atoms with Crippen molar-refractivity contribution in [2.75, 3.05) is 26.2 Å². The van der Waals surface area contributed by atoms with Gasteiger partial charge in [-0.25, -0.2) is 0 Å². The molecule has 0 aromatic carbocycles. The number of likely N-dealkylation sites (tertiary alicyclic amines) is 1. The molecule has 1 amide bonds. The van der Waals surface area contributed by atoms with Crippen LogP contribution in [0.1, 0.15) is 52.4 Å². The summed E-state index contributed by atoms with van der Waals surface area (Å²) in [6.45, 7) is 8.19. The van der Waals surface area contributed by atoms with E-state index < -0.39 is 0 Å². The van der Waals surface area contributed by atoms with Crippen LogP contribution in [0.25, 0.3) is 0 Å².